The summed E-state index contributed by atoms with van der Waals surface area (Å²) in [6.45, 7) is 3.37. The van der Waals surface area contributed by atoms with Crippen molar-refractivity contribution < 1.29 is 9.53 Å². The van der Waals surface area contributed by atoms with E-state index in [1.807, 2.05) is 0 Å². The van der Waals surface area contributed by atoms with Crippen LogP contribution >= 0.6 is 0 Å². The van der Waals surface area contributed by atoms with Crippen LogP contribution in [0.5, 0.6) is 0 Å². The van der Waals surface area contributed by atoms with Gasteiger partial charge in [-0.3, -0.25) is 4.79 Å². The Kier molecular flexibility index (Phi) is 16.5. The summed E-state index contributed by atoms with van der Waals surface area (Å²) in [6.07, 6.45) is 20.1. The summed E-state index contributed by atoms with van der Waals surface area (Å²) in [5, 5.41) is 0. The monoisotopic (exact) mass is 268 g/mol. The van der Waals surface area contributed by atoms with Gasteiger partial charge in [-0.05, 0) is 25.7 Å². The third-order valence-corrected chi connectivity index (χ3v) is 3.34. The van der Waals surface area contributed by atoms with E-state index < -0.39 is 0 Å². The molecule has 0 aliphatic carbocycles. The molecule has 0 saturated carbocycles. The highest BCUT2D eigenvalue weighted by Gasteiger charge is 1.92. The second-order valence-corrected chi connectivity index (χ2v) is 5.20. The van der Waals surface area contributed by atoms with Gasteiger partial charge in [-0.25, -0.2) is 0 Å². The van der Waals surface area contributed by atoms with Gasteiger partial charge in [0.25, 0.3) is 6.47 Å². The molecule has 0 bridgehead atoms. The number of hydrogen-bond acceptors (Lipinski definition) is 2. The molecule has 0 aromatic rings. The highest BCUT2D eigenvalue weighted by atomic mass is 16.5. The predicted molar refractivity (Wildman–Crippen MR) is 82.2 cm³/mol. The maximum atomic E-state index is 9.91. The third kappa shape index (κ3) is 17.2. The lowest BCUT2D eigenvalue weighted by atomic mass is 10.1. The van der Waals surface area contributed by atoms with Crippen molar-refractivity contribution >= 4 is 6.47 Å². The molecule has 0 aliphatic heterocycles. The van der Waals surface area contributed by atoms with Crippen molar-refractivity contribution in [3.8, 4) is 0 Å². The zero-order valence-corrected chi connectivity index (χ0v) is 12.7. The Morgan fingerprint density at radius 2 is 1.26 bits per heavy atom. The SMILES string of the molecule is CCCC/C=C\CCCCCCCCCCOC=O. The Balaban J connectivity index is 2.98. The lowest BCUT2D eigenvalue weighted by Gasteiger charge is -2.01. The largest absolute Gasteiger partial charge is 0.468 e. The topological polar surface area (TPSA) is 26.3 Å². The van der Waals surface area contributed by atoms with E-state index in [-0.39, 0.29) is 0 Å². The van der Waals surface area contributed by atoms with Gasteiger partial charge in [0.2, 0.25) is 0 Å². The van der Waals surface area contributed by atoms with E-state index in [2.05, 4.69) is 23.8 Å². The highest BCUT2D eigenvalue weighted by molar-refractivity contribution is 5.36. The fourth-order valence-corrected chi connectivity index (χ4v) is 2.11. The molecule has 2 nitrogen and oxygen atoms in total. The molecular formula is C17H32O2. The molecular weight excluding hydrogens is 236 g/mol. The smallest absolute Gasteiger partial charge is 0.293 e. The van der Waals surface area contributed by atoms with Gasteiger partial charge < -0.3 is 4.74 Å². The molecule has 0 fully saturated rings. The van der Waals surface area contributed by atoms with Crippen LogP contribution in [0.4, 0.5) is 0 Å². The van der Waals surface area contributed by atoms with Gasteiger partial charge in [0.05, 0.1) is 6.61 Å². The van der Waals surface area contributed by atoms with Crippen LogP contribution in [0.3, 0.4) is 0 Å². The molecule has 2 heteroatoms. The maximum absolute atomic E-state index is 9.91. The normalized spacial score (nSPS) is 11.0. The minimum absolute atomic E-state index is 0.538. The van der Waals surface area contributed by atoms with E-state index in [1.54, 1.807) is 0 Å². The van der Waals surface area contributed by atoms with E-state index in [0.717, 1.165) is 6.42 Å². The molecule has 0 N–H and O–H groups in total. The first-order chi connectivity index (χ1) is 9.41. The lowest BCUT2D eigenvalue weighted by molar-refractivity contribution is -0.128. The van der Waals surface area contributed by atoms with Crippen LogP contribution in [0.1, 0.15) is 84.0 Å². The second-order valence-electron chi connectivity index (χ2n) is 5.20. The van der Waals surface area contributed by atoms with Gasteiger partial charge in [-0.1, -0.05) is 70.4 Å². The zero-order chi connectivity index (χ0) is 14.0. The van der Waals surface area contributed by atoms with Crippen molar-refractivity contribution in [2.24, 2.45) is 0 Å². The van der Waals surface area contributed by atoms with Crippen LogP contribution in [-0.4, -0.2) is 13.1 Å². The molecule has 19 heavy (non-hydrogen) atoms. The Morgan fingerprint density at radius 3 is 1.84 bits per heavy atom. The molecule has 0 heterocycles. The summed E-state index contributed by atoms with van der Waals surface area (Å²) in [7, 11) is 0. The molecule has 0 atom stereocenters. The quantitative estimate of drug-likeness (QED) is 0.225. The van der Waals surface area contributed by atoms with Gasteiger partial charge in [0.15, 0.2) is 0 Å². The van der Waals surface area contributed by atoms with Gasteiger partial charge >= 0.3 is 0 Å². The van der Waals surface area contributed by atoms with Crippen molar-refractivity contribution in [3.63, 3.8) is 0 Å². The van der Waals surface area contributed by atoms with Gasteiger partial charge in [0.1, 0.15) is 0 Å². The van der Waals surface area contributed by atoms with E-state index in [1.165, 1.54) is 70.6 Å². The molecule has 0 amide bonds. The average molecular weight is 268 g/mol. The van der Waals surface area contributed by atoms with E-state index in [4.69, 9.17) is 0 Å². The molecule has 0 unspecified atom stereocenters. The number of hydrogen-bond donors (Lipinski definition) is 0. The van der Waals surface area contributed by atoms with Crippen LogP contribution in [0.25, 0.3) is 0 Å². The first kappa shape index (κ1) is 18.2. The number of carbonyl (C=O) groups is 1. The molecule has 0 saturated heterocycles. The third-order valence-electron chi connectivity index (χ3n) is 3.34. The summed E-state index contributed by atoms with van der Waals surface area (Å²) in [5.41, 5.74) is 0. The summed E-state index contributed by atoms with van der Waals surface area (Å²) in [5.74, 6) is 0. The summed E-state index contributed by atoms with van der Waals surface area (Å²) in [4.78, 5) is 9.91. The molecule has 0 aromatic carbocycles. The number of rotatable bonds is 15. The van der Waals surface area contributed by atoms with Gasteiger partial charge in [-0.2, -0.15) is 0 Å². The van der Waals surface area contributed by atoms with E-state index in [0.29, 0.717) is 13.1 Å². The summed E-state index contributed by atoms with van der Waals surface area (Å²) in [6, 6.07) is 0. The summed E-state index contributed by atoms with van der Waals surface area (Å²) < 4.78 is 4.65. The molecule has 0 aliphatic rings. The molecule has 0 aromatic heterocycles. The van der Waals surface area contributed by atoms with Crippen LogP contribution in [-0.2, 0) is 9.53 Å². The lowest BCUT2D eigenvalue weighted by Crippen LogP contribution is -1.91. The van der Waals surface area contributed by atoms with Crippen molar-refractivity contribution in [2.75, 3.05) is 6.61 Å². The summed E-state index contributed by atoms with van der Waals surface area (Å²) >= 11 is 0. The first-order valence-corrected chi connectivity index (χ1v) is 8.12. The Hall–Kier alpha value is -0.790. The van der Waals surface area contributed by atoms with Crippen molar-refractivity contribution in [1.82, 2.24) is 0 Å². The highest BCUT2D eigenvalue weighted by Crippen LogP contribution is 2.10. The van der Waals surface area contributed by atoms with Crippen molar-refractivity contribution in [1.29, 1.82) is 0 Å². The van der Waals surface area contributed by atoms with Crippen LogP contribution in [0, 0.1) is 0 Å². The van der Waals surface area contributed by atoms with E-state index in [9.17, 15) is 4.79 Å². The fourth-order valence-electron chi connectivity index (χ4n) is 2.11. The minimum atomic E-state index is 0.538. The standard InChI is InChI=1S/C17H32O2/c1-2-3-4-5-6-7-8-9-10-11-12-13-14-15-16-19-17-18/h5-6,17H,2-4,7-16H2,1H3/b6-5-. The van der Waals surface area contributed by atoms with Crippen LogP contribution in [0.2, 0.25) is 0 Å². The van der Waals surface area contributed by atoms with Gasteiger partial charge in [0, 0.05) is 0 Å². The maximum Gasteiger partial charge on any atom is 0.293 e. The zero-order valence-electron chi connectivity index (χ0n) is 12.7. The van der Waals surface area contributed by atoms with Crippen LogP contribution < -0.4 is 0 Å². The Labute approximate surface area is 119 Å². The molecule has 0 spiro atoms. The molecule has 0 rings (SSSR count). The van der Waals surface area contributed by atoms with Gasteiger partial charge in [-0.15, -0.1) is 0 Å². The number of allylic oxidation sites excluding steroid dienone is 2. The van der Waals surface area contributed by atoms with Crippen molar-refractivity contribution in [3.05, 3.63) is 12.2 Å². The Bertz CT molecular complexity index is 199. The predicted octanol–water partition coefficient (Wildman–Crippen LogP) is 5.42. The fraction of sp³-hybridized carbons (Fsp3) is 0.824. The Morgan fingerprint density at radius 1 is 0.737 bits per heavy atom. The minimum Gasteiger partial charge on any atom is -0.468 e. The van der Waals surface area contributed by atoms with E-state index >= 15 is 0 Å². The number of carbonyl (C=O) groups excluding carboxylic acids is 1. The van der Waals surface area contributed by atoms with Crippen molar-refractivity contribution in [2.45, 2.75) is 84.0 Å². The number of ether oxygens (including phenoxy) is 1. The number of unbranched alkanes of at least 4 members (excludes halogenated alkanes) is 10. The first-order valence-electron chi connectivity index (χ1n) is 8.12. The molecule has 0 radical (unpaired) electrons. The second kappa shape index (κ2) is 17.2. The van der Waals surface area contributed by atoms with Crippen LogP contribution in [0.15, 0.2) is 12.2 Å². The average Bonchev–Trinajstić information content (AvgIpc) is 2.43. The molecule has 112 valence electrons.